The quantitative estimate of drug-likeness (QED) is 0.150. The first-order chi connectivity index (χ1) is 7.04. The van der Waals surface area contributed by atoms with Crippen LogP contribution < -0.4 is 35.0 Å². The van der Waals surface area contributed by atoms with E-state index < -0.39 is 15.4 Å². The molecule has 1 aliphatic rings. The van der Waals surface area contributed by atoms with Crippen LogP contribution in [0.4, 0.5) is 0 Å². The summed E-state index contributed by atoms with van der Waals surface area (Å²) < 4.78 is 36.9. The molecule has 1 rings (SSSR count). The van der Waals surface area contributed by atoms with Crippen LogP contribution in [-0.4, -0.2) is 30.5 Å². The largest absolute Gasteiger partial charge is 1.00 e. The summed E-state index contributed by atoms with van der Waals surface area (Å²) in [6.45, 7) is 0. The van der Waals surface area contributed by atoms with Crippen LogP contribution in [0.15, 0.2) is 0 Å². The number of hydrogen-bond donors (Lipinski definition) is 1. The second-order valence-electron chi connectivity index (χ2n) is 3.41. The van der Waals surface area contributed by atoms with Gasteiger partial charge in [-0.1, -0.05) is 6.42 Å². The molecular formula is C7H14NNaO5S2. The molecule has 0 saturated heterocycles. The van der Waals surface area contributed by atoms with E-state index in [1.54, 1.807) is 6.26 Å². The molecule has 0 bridgehead atoms. The van der Waals surface area contributed by atoms with Gasteiger partial charge in [-0.05, 0) is 19.3 Å². The zero-order chi connectivity index (χ0) is 11.3. The minimum atomic E-state index is -4.18. The van der Waals surface area contributed by atoms with Crippen LogP contribution in [0, 0.1) is 0 Å². The van der Waals surface area contributed by atoms with E-state index in [9.17, 15) is 13.0 Å². The topological polar surface area (TPSA) is 87.7 Å². The average molecular weight is 279 g/mol. The molecule has 0 aromatic heterocycles. The van der Waals surface area contributed by atoms with E-state index in [4.69, 9.17) is 0 Å². The summed E-state index contributed by atoms with van der Waals surface area (Å²) >= 11 is 1.03. The Morgan fingerprint density at radius 3 is 2.69 bits per heavy atom. The third-order valence-electron chi connectivity index (χ3n) is 2.35. The van der Waals surface area contributed by atoms with Gasteiger partial charge in [0.15, 0.2) is 0 Å². The van der Waals surface area contributed by atoms with Gasteiger partial charge >= 0.3 is 29.6 Å². The monoisotopic (exact) mass is 279 g/mol. The predicted molar refractivity (Wildman–Crippen MR) is 54.6 cm³/mol. The normalized spacial score (nSPS) is 26.1. The summed E-state index contributed by atoms with van der Waals surface area (Å²) in [6, 6.07) is -0.139. The van der Waals surface area contributed by atoms with Crippen LogP contribution in [0.25, 0.3) is 0 Å². The molecule has 0 spiro atoms. The summed E-state index contributed by atoms with van der Waals surface area (Å²) in [5.41, 5.74) is 2.58. The maximum atomic E-state index is 10.8. The van der Waals surface area contributed by atoms with E-state index in [1.807, 2.05) is 0 Å². The molecule has 90 valence electrons. The zero-order valence-electron chi connectivity index (χ0n) is 9.34. The second-order valence-corrected chi connectivity index (χ2v) is 5.54. The van der Waals surface area contributed by atoms with Gasteiger partial charge in [-0.2, -0.15) is 5.48 Å². The van der Waals surface area contributed by atoms with E-state index in [0.29, 0.717) is 12.8 Å². The number of hydroxylamine groups is 1. The minimum Gasteiger partial charge on any atom is -0.748 e. The maximum Gasteiger partial charge on any atom is 1.00 e. The Kier molecular flexibility index (Phi) is 8.87. The summed E-state index contributed by atoms with van der Waals surface area (Å²) in [6.07, 6.45) is 3.89. The van der Waals surface area contributed by atoms with Crippen molar-refractivity contribution >= 4 is 22.2 Å². The van der Waals surface area contributed by atoms with Crippen molar-refractivity contribution in [1.82, 2.24) is 5.48 Å². The van der Waals surface area contributed by atoms with Crippen molar-refractivity contribution < 1.29 is 51.8 Å². The van der Waals surface area contributed by atoms with Crippen molar-refractivity contribution in [3.05, 3.63) is 0 Å². The van der Waals surface area contributed by atoms with Crippen molar-refractivity contribution in [3.8, 4) is 0 Å². The Bertz CT molecular complexity index is 287. The predicted octanol–water partition coefficient (Wildman–Crippen LogP) is -2.42. The van der Waals surface area contributed by atoms with Crippen LogP contribution in [0.3, 0.4) is 0 Å². The number of rotatable bonds is 5. The van der Waals surface area contributed by atoms with Gasteiger partial charge in [-0.3, -0.25) is 0 Å². The van der Waals surface area contributed by atoms with Gasteiger partial charge in [0.25, 0.3) is 0 Å². The molecular weight excluding hydrogens is 265 g/mol. The Labute approximate surface area is 122 Å². The first kappa shape index (κ1) is 17.1. The number of hydrogen-bond acceptors (Lipinski definition) is 7. The van der Waals surface area contributed by atoms with E-state index in [1.165, 1.54) is 0 Å². The fraction of sp³-hybridized carbons (Fsp3) is 1.00. The van der Waals surface area contributed by atoms with Gasteiger partial charge in [0.1, 0.15) is 0 Å². The van der Waals surface area contributed by atoms with Crippen molar-refractivity contribution in [1.29, 1.82) is 0 Å². The second kappa shape index (κ2) is 8.28. The molecule has 1 fully saturated rings. The third kappa shape index (κ3) is 6.18. The molecule has 16 heavy (non-hydrogen) atoms. The van der Waals surface area contributed by atoms with Crippen molar-refractivity contribution in [2.45, 2.75) is 37.0 Å². The van der Waals surface area contributed by atoms with Crippen LogP contribution in [0.2, 0.25) is 0 Å². The van der Waals surface area contributed by atoms with Crippen molar-refractivity contribution in [3.63, 3.8) is 0 Å². The van der Waals surface area contributed by atoms with E-state index in [-0.39, 0.29) is 42.0 Å². The molecule has 0 aromatic carbocycles. The average Bonchev–Trinajstić information content (AvgIpc) is 2.17. The van der Waals surface area contributed by atoms with Gasteiger partial charge in [0.05, 0.1) is 15.4 Å². The Morgan fingerprint density at radius 1 is 1.44 bits per heavy atom. The molecule has 1 aliphatic carbocycles. The van der Waals surface area contributed by atoms with Crippen LogP contribution in [0.1, 0.15) is 25.7 Å². The molecule has 9 heteroatoms. The standard InChI is InChI=1S/C7H15NO5S2.Na/c1-14-13-12-8-6-3-2-4-7(5-6)15(9,10)11;/h6-8H,2-5H2,1H3,(H,9,10,11);/q;+1/p-1. The Morgan fingerprint density at radius 2 is 2.12 bits per heavy atom. The van der Waals surface area contributed by atoms with Crippen LogP contribution >= 0.6 is 12.0 Å². The van der Waals surface area contributed by atoms with E-state index in [0.717, 1.165) is 18.5 Å². The smallest absolute Gasteiger partial charge is 0.748 e. The van der Waals surface area contributed by atoms with E-state index >= 15 is 0 Å². The molecule has 0 heterocycles. The van der Waals surface area contributed by atoms with Crippen LogP contribution in [-0.2, 0) is 19.4 Å². The fourth-order valence-electron chi connectivity index (χ4n) is 1.64. The SMILES string of the molecule is CSOONC1CCCC(S(=O)(=O)[O-])C1.[Na+]. The van der Waals surface area contributed by atoms with Gasteiger partial charge in [0.2, 0.25) is 0 Å². The summed E-state index contributed by atoms with van der Waals surface area (Å²) in [5, 5.41) is -0.804. The summed E-state index contributed by atoms with van der Waals surface area (Å²) in [4.78, 5) is 4.60. The molecule has 0 radical (unpaired) electrons. The van der Waals surface area contributed by atoms with Gasteiger partial charge in [-0.25, -0.2) is 8.42 Å². The summed E-state index contributed by atoms with van der Waals surface area (Å²) in [7, 11) is -4.18. The van der Waals surface area contributed by atoms with Gasteiger partial charge in [-0.15, -0.1) is 9.32 Å². The minimum absolute atomic E-state index is 0. The molecule has 0 amide bonds. The molecule has 2 atom stereocenters. The van der Waals surface area contributed by atoms with Crippen molar-refractivity contribution in [2.24, 2.45) is 0 Å². The molecule has 2 unspecified atom stereocenters. The maximum absolute atomic E-state index is 10.8. The van der Waals surface area contributed by atoms with E-state index in [2.05, 4.69) is 14.8 Å². The molecule has 1 saturated carbocycles. The molecule has 0 aliphatic heterocycles. The summed E-state index contributed by atoms with van der Waals surface area (Å²) in [5.74, 6) is 0. The number of nitrogens with one attached hydrogen (secondary N) is 1. The molecule has 1 N–H and O–H groups in total. The fourth-order valence-corrected chi connectivity index (χ4v) is 2.67. The first-order valence-corrected chi connectivity index (χ1v) is 7.22. The van der Waals surface area contributed by atoms with Gasteiger partial charge in [0, 0.05) is 24.3 Å². The molecule has 6 nitrogen and oxygen atoms in total. The van der Waals surface area contributed by atoms with Crippen molar-refractivity contribution in [2.75, 3.05) is 6.26 Å². The van der Waals surface area contributed by atoms with Gasteiger partial charge < -0.3 is 4.55 Å². The van der Waals surface area contributed by atoms with Crippen LogP contribution in [0.5, 0.6) is 0 Å². The Balaban J connectivity index is 0.00000225. The first-order valence-electron chi connectivity index (χ1n) is 4.60. The Hall–Kier alpha value is 1.14. The zero-order valence-corrected chi connectivity index (χ0v) is 13.0. The third-order valence-corrected chi connectivity index (χ3v) is 3.80. The molecule has 0 aromatic rings.